The summed E-state index contributed by atoms with van der Waals surface area (Å²) < 4.78 is 6.17. The summed E-state index contributed by atoms with van der Waals surface area (Å²) in [6.07, 6.45) is 0. The van der Waals surface area contributed by atoms with Crippen molar-refractivity contribution in [2.45, 2.75) is 6.92 Å². The molecule has 2 N–H and O–H groups in total. The van der Waals surface area contributed by atoms with Gasteiger partial charge in [0.05, 0.1) is 12.1 Å². The molecular formula is C20H15BrN4O3. The van der Waals surface area contributed by atoms with Gasteiger partial charge in [-0.2, -0.15) is 4.98 Å². The molecule has 0 spiro atoms. The first kappa shape index (κ1) is 18.1. The van der Waals surface area contributed by atoms with Crippen molar-refractivity contribution in [2.24, 2.45) is 0 Å². The Labute approximate surface area is 168 Å². The predicted octanol–water partition coefficient (Wildman–Crippen LogP) is 3.87. The summed E-state index contributed by atoms with van der Waals surface area (Å²) in [5, 5.41) is 6.93. The maximum atomic E-state index is 11.9. The van der Waals surface area contributed by atoms with Gasteiger partial charge in [0.25, 0.3) is 10.9 Å². The van der Waals surface area contributed by atoms with E-state index in [4.69, 9.17) is 4.74 Å². The predicted molar refractivity (Wildman–Crippen MR) is 113 cm³/mol. The maximum absolute atomic E-state index is 11.9. The van der Waals surface area contributed by atoms with E-state index in [0.29, 0.717) is 11.3 Å². The van der Waals surface area contributed by atoms with E-state index in [1.165, 1.54) is 0 Å². The third-order valence-corrected chi connectivity index (χ3v) is 4.58. The molecule has 0 saturated heterocycles. The zero-order valence-corrected chi connectivity index (χ0v) is 16.4. The minimum absolute atomic E-state index is 0.0192. The molecule has 0 saturated carbocycles. The van der Waals surface area contributed by atoms with Crippen molar-refractivity contribution < 1.29 is 4.74 Å². The normalized spacial score (nSPS) is 10.9. The number of nitrogens with zero attached hydrogens (tertiary/aromatic N) is 2. The molecule has 0 bridgehead atoms. The molecule has 28 heavy (non-hydrogen) atoms. The van der Waals surface area contributed by atoms with Gasteiger partial charge in [0.15, 0.2) is 5.75 Å². The van der Waals surface area contributed by atoms with Crippen molar-refractivity contribution in [2.75, 3.05) is 17.2 Å². The van der Waals surface area contributed by atoms with Crippen molar-refractivity contribution in [1.82, 2.24) is 9.97 Å². The minimum Gasteiger partial charge on any atom is -0.488 e. The monoisotopic (exact) mass is 438 g/mol. The van der Waals surface area contributed by atoms with Crippen LogP contribution < -0.4 is 26.2 Å². The Morgan fingerprint density at radius 1 is 1.00 bits per heavy atom. The fourth-order valence-electron chi connectivity index (χ4n) is 2.81. The van der Waals surface area contributed by atoms with Crippen LogP contribution >= 0.6 is 15.9 Å². The van der Waals surface area contributed by atoms with Crippen molar-refractivity contribution in [1.29, 1.82) is 0 Å². The van der Waals surface area contributed by atoms with Gasteiger partial charge in [-0.3, -0.25) is 9.59 Å². The van der Waals surface area contributed by atoms with Gasteiger partial charge in [-0.15, -0.1) is 0 Å². The summed E-state index contributed by atoms with van der Waals surface area (Å²) in [4.78, 5) is 32.5. The molecular weight excluding hydrogens is 424 g/mol. The Hall–Kier alpha value is -3.26. The number of benzene rings is 2. The number of rotatable bonds is 6. The van der Waals surface area contributed by atoms with E-state index in [-0.39, 0.29) is 24.0 Å². The number of aromatic nitrogens is 2. The number of hydrogen-bond acceptors (Lipinski definition) is 7. The SMILES string of the molecule is CCOc1c(Nc2nc(Nc3cccc(Br)c3)c3ccccc3n2)c(=O)c1=O. The average Bonchev–Trinajstić information content (AvgIpc) is 2.70. The van der Waals surface area contributed by atoms with Crippen LogP contribution in [0.1, 0.15) is 6.92 Å². The van der Waals surface area contributed by atoms with E-state index in [1.807, 2.05) is 48.5 Å². The van der Waals surface area contributed by atoms with E-state index >= 15 is 0 Å². The Morgan fingerprint density at radius 2 is 1.82 bits per heavy atom. The Balaban J connectivity index is 1.75. The number of nitrogens with one attached hydrogen (secondary N) is 2. The lowest BCUT2D eigenvalue weighted by Crippen LogP contribution is -2.35. The highest BCUT2D eigenvalue weighted by Crippen LogP contribution is 2.28. The van der Waals surface area contributed by atoms with E-state index in [2.05, 4.69) is 36.5 Å². The topological polar surface area (TPSA) is 93.2 Å². The Morgan fingerprint density at radius 3 is 2.61 bits per heavy atom. The maximum Gasteiger partial charge on any atom is 0.272 e. The first-order valence-corrected chi connectivity index (χ1v) is 9.38. The summed E-state index contributed by atoms with van der Waals surface area (Å²) in [6.45, 7) is 2.03. The highest BCUT2D eigenvalue weighted by Gasteiger charge is 2.23. The third-order valence-electron chi connectivity index (χ3n) is 4.08. The van der Waals surface area contributed by atoms with Gasteiger partial charge in [0, 0.05) is 15.5 Å². The number of anilines is 4. The van der Waals surface area contributed by atoms with Gasteiger partial charge in [0.2, 0.25) is 5.95 Å². The van der Waals surface area contributed by atoms with E-state index < -0.39 is 10.9 Å². The van der Waals surface area contributed by atoms with Crippen LogP contribution in [-0.2, 0) is 0 Å². The summed E-state index contributed by atoms with van der Waals surface area (Å²) in [6, 6.07) is 15.2. The molecule has 0 amide bonds. The van der Waals surface area contributed by atoms with Crippen LogP contribution in [0.5, 0.6) is 5.75 Å². The van der Waals surface area contributed by atoms with Crippen molar-refractivity contribution in [3.05, 3.63) is 73.5 Å². The molecule has 3 aromatic carbocycles. The largest absolute Gasteiger partial charge is 0.488 e. The molecule has 0 atom stereocenters. The van der Waals surface area contributed by atoms with Gasteiger partial charge >= 0.3 is 0 Å². The lowest BCUT2D eigenvalue weighted by molar-refractivity contribution is 0.335. The third kappa shape index (κ3) is 3.34. The molecule has 0 unspecified atom stereocenters. The Kier molecular flexibility index (Phi) is 4.79. The standard InChI is InChI=1S/C20H15BrN4O3/c1-2-28-18-15(16(26)17(18)27)24-20-23-14-9-4-3-8-13(14)19(25-20)22-12-7-5-6-11(21)10-12/h3-10H,2H2,1H3,(H2,22,23,24,25). The van der Waals surface area contributed by atoms with Crippen LogP contribution in [0.4, 0.5) is 23.1 Å². The van der Waals surface area contributed by atoms with Crippen LogP contribution in [0.2, 0.25) is 0 Å². The van der Waals surface area contributed by atoms with Crippen molar-refractivity contribution in [3.63, 3.8) is 0 Å². The highest BCUT2D eigenvalue weighted by molar-refractivity contribution is 9.10. The van der Waals surface area contributed by atoms with Crippen LogP contribution in [0.3, 0.4) is 0 Å². The van der Waals surface area contributed by atoms with Gasteiger partial charge in [-0.05, 0) is 37.3 Å². The molecule has 7 nitrogen and oxygen atoms in total. The molecule has 0 aliphatic carbocycles. The quantitative estimate of drug-likeness (QED) is 0.441. The molecule has 0 radical (unpaired) electrons. The van der Waals surface area contributed by atoms with Crippen molar-refractivity contribution >= 4 is 50.0 Å². The molecule has 1 aromatic heterocycles. The second-order valence-electron chi connectivity index (χ2n) is 5.97. The molecule has 4 aromatic rings. The summed E-state index contributed by atoms with van der Waals surface area (Å²) in [7, 11) is 0. The highest BCUT2D eigenvalue weighted by atomic mass is 79.9. The molecule has 0 fully saturated rings. The lowest BCUT2D eigenvalue weighted by atomic mass is 10.2. The van der Waals surface area contributed by atoms with E-state index in [1.54, 1.807) is 6.92 Å². The fraction of sp³-hybridized carbons (Fsp3) is 0.100. The number of para-hydroxylation sites is 1. The zero-order valence-electron chi connectivity index (χ0n) is 14.8. The van der Waals surface area contributed by atoms with Gasteiger partial charge in [-0.25, -0.2) is 4.98 Å². The van der Waals surface area contributed by atoms with Gasteiger partial charge in [0.1, 0.15) is 11.5 Å². The van der Waals surface area contributed by atoms with Crippen molar-refractivity contribution in [3.8, 4) is 5.75 Å². The Bertz CT molecular complexity index is 1250. The van der Waals surface area contributed by atoms with E-state index in [9.17, 15) is 9.59 Å². The minimum atomic E-state index is -0.641. The molecule has 4 rings (SSSR count). The molecule has 1 heterocycles. The van der Waals surface area contributed by atoms with Gasteiger partial charge < -0.3 is 15.4 Å². The number of ether oxygens (including phenoxy) is 1. The first-order chi connectivity index (χ1) is 13.6. The van der Waals surface area contributed by atoms with Crippen LogP contribution in [-0.4, -0.2) is 16.6 Å². The molecule has 0 aliphatic rings. The summed E-state index contributed by atoms with van der Waals surface area (Å²) in [5.41, 5.74) is 0.331. The fourth-order valence-corrected chi connectivity index (χ4v) is 3.21. The second kappa shape index (κ2) is 7.40. The van der Waals surface area contributed by atoms with Crippen LogP contribution in [0, 0.1) is 0 Å². The zero-order chi connectivity index (χ0) is 19.7. The number of fused-ring (bicyclic) bond motifs is 1. The van der Waals surface area contributed by atoms with E-state index in [0.717, 1.165) is 15.5 Å². The summed E-state index contributed by atoms with van der Waals surface area (Å²) in [5.74, 6) is 0.790. The summed E-state index contributed by atoms with van der Waals surface area (Å²) >= 11 is 3.45. The molecule has 140 valence electrons. The van der Waals surface area contributed by atoms with Crippen LogP contribution in [0.15, 0.2) is 62.6 Å². The average molecular weight is 439 g/mol. The second-order valence-corrected chi connectivity index (χ2v) is 6.88. The first-order valence-electron chi connectivity index (χ1n) is 8.59. The molecule has 0 aliphatic heterocycles. The number of hydrogen-bond donors (Lipinski definition) is 2. The smallest absolute Gasteiger partial charge is 0.272 e. The lowest BCUT2D eigenvalue weighted by Gasteiger charge is -2.14. The number of halogens is 1. The van der Waals surface area contributed by atoms with Crippen LogP contribution in [0.25, 0.3) is 10.9 Å². The molecule has 8 heteroatoms. The van der Waals surface area contributed by atoms with Gasteiger partial charge in [-0.1, -0.05) is 34.1 Å².